The van der Waals surface area contributed by atoms with Crippen LogP contribution in [0.2, 0.25) is 5.02 Å². The number of benzene rings is 2. The van der Waals surface area contributed by atoms with Crippen LogP contribution in [0.3, 0.4) is 0 Å². The summed E-state index contributed by atoms with van der Waals surface area (Å²) in [6, 6.07) is 15.0. The van der Waals surface area contributed by atoms with Gasteiger partial charge < -0.3 is 10.6 Å². The van der Waals surface area contributed by atoms with Crippen LogP contribution in [0.4, 0.5) is 5.69 Å². The molecule has 0 unspecified atom stereocenters. The van der Waals surface area contributed by atoms with E-state index in [0.717, 1.165) is 27.4 Å². The normalized spacial score (nSPS) is 16.2. The Balaban J connectivity index is 1.77. The number of carbonyl (C=O) groups excluding carboxylic acids is 2. The summed E-state index contributed by atoms with van der Waals surface area (Å²) >= 11 is 10.6. The van der Waals surface area contributed by atoms with Gasteiger partial charge in [-0.1, -0.05) is 57.5 Å². The molecule has 0 spiro atoms. The molecule has 2 N–H and O–H groups in total. The summed E-state index contributed by atoms with van der Waals surface area (Å²) in [5.41, 5.74) is 2.87. The molecule has 1 atom stereocenters. The molecule has 8 heteroatoms. The summed E-state index contributed by atoms with van der Waals surface area (Å²) in [5, 5.41) is 16.2. The molecule has 0 fully saturated rings. The lowest BCUT2D eigenvalue weighted by Crippen LogP contribution is -2.31. The number of hydrogen-bond donors (Lipinski definition) is 2. The van der Waals surface area contributed by atoms with Gasteiger partial charge in [0.05, 0.1) is 22.4 Å². The second kappa shape index (κ2) is 9.49. The smallest absolute Gasteiger partial charge is 0.234 e. The highest BCUT2D eigenvalue weighted by atomic mass is 79.9. The highest BCUT2D eigenvalue weighted by Gasteiger charge is 2.30. The first kappa shape index (κ1) is 21.4. The number of hydrogen-bond acceptors (Lipinski definition) is 4. The summed E-state index contributed by atoms with van der Waals surface area (Å²) in [6.45, 7) is 1.87. The lowest BCUT2D eigenvalue weighted by molar-refractivity contribution is -0.121. The van der Waals surface area contributed by atoms with E-state index in [-0.39, 0.29) is 29.9 Å². The van der Waals surface area contributed by atoms with Gasteiger partial charge in [0, 0.05) is 27.5 Å². The fraction of sp³-hybridized carbons (Fsp3) is 0.190. The molecular weight excluding hydrogens is 474 g/mol. The van der Waals surface area contributed by atoms with Crippen molar-refractivity contribution in [2.45, 2.75) is 19.3 Å². The predicted octanol–water partition coefficient (Wildman–Crippen LogP) is 5.12. The average molecular weight is 491 g/mol. The van der Waals surface area contributed by atoms with E-state index >= 15 is 0 Å². The van der Waals surface area contributed by atoms with E-state index in [1.807, 2.05) is 37.3 Å². The van der Waals surface area contributed by atoms with Gasteiger partial charge in [-0.2, -0.15) is 5.26 Å². The number of rotatable bonds is 5. The molecule has 2 amide bonds. The molecule has 148 valence electrons. The van der Waals surface area contributed by atoms with Crippen molar-refractivity contribution in [3.8, 4) is 6.07 Å². The lowest BCUT2D eigenvalue weighted by Gasteiger charge is -2.25. The number of carbonyl (C=O) groups is 2. The Kier molecular flexibility index (Phi) is 7.01. The van der Waals surface area contributed by atoms with E-state index in [1.54, 1.807) is 12.1 Å². The number of amides is 2. The van der Waals surface area contributed by atoms with Crippen LogP contribution >= 0.6 is 39.3 Å². The molecule has 0 radical (unpaired) electrons. The van der Waals surface area contributed by atoms with Crippen molar-refractivity contribution in [2.75, 3.05) is 11.1 Å². The molecule has 0 bridgehead atoms. The summed E-state index contributed by atoms with van der Waals surface area (Å²) in [5.74, 6) is -0.712. The van der Waals surface area contributed by atoms with Gasteiger partial charge in [-0.15, -0.1) is 0 Å². The maximum atomic E-state index is 12.4. The second-order valence-corrected chi connectivity index (χ2v) is 8.85. The van der Waals surface area contributed by atoms with E-state index in [2.05, 4.69) is 32.6 Å². The van der Waals surface area contributed by atoms with Crippen LogP contribution < -0.4 is 10.6 Å². The van der Waals surface area contributed by atoms with Crippen LogP contribution in [0.25, 0.3) is 0 Å². The average Bonchev–Trinajstić information content (AvgIpc) is 2.68. The van der Waals surface area contributed by atoms with Crippen molar-refractivity contribution in [1.29, 1.82) is 5.26 Å². The fourth-order valence-corrected chi connectivity index (χ4v) is 4.46. The van der Waals surface area contributed by atoms with Crippen molar-refractivity contribution in [3.05, 3.63) is 73.7 Å². The Bertz CT molecular complexity index is 1050. The maximum absolute atomic E-state index is 12.4. The molecule has 2 aromatic rings. The van der Waals surface area contributed by atoms with Crippen molar-refractivity contribution in [2.24, 2.45) is 0 Å². The van der Waals surface area contributed by atoms with Gasteiger partial charge in [0.2, 0.25) is 11.8 Å². The minimum Gasteiger partial charge on any atom is -0.325 e. The minimum atomic E-state index is -0.341. The van der Waals surface area contributed by atoms with Crippen LogP contribution in [0.5, 0.6) is 0 Å². The van der Waals surface area contributed by atoms with Crippen LogP contribution in [-0.2, 0) is 9.59 Å². The van der Waals surface area contributed by atoms with Gasteiger partial charge in [-0.3, -0.25) is 9.59 Å². The van der Waals surface area contributed by atoms with Crippen molar-refractivity contribution >= 4 is 56.8 Å². The molecule has 0 saturated heterocycles. The Morgan fingerprint density at radius 2 is 2.17 bits per heavy atom. The van der Waals surface area contributed by atoms with E-state index in [4.69, 9.17) is 11.6 Å². The zero-order chi connectivity index (χ0) is 21.0. The summed E-state index contributed by atoms with van der Waals surface area (Å²) in [4.78, 5) is 24.6. The number of nitrogens with one attached hydrogen (secondary N) is 2. The number of aryl methyl sites for hydroxylation is 1. The zero-order valence-electron chi connectivity index (χ0n) is 15.5. The van der Waals surface area contributed by atoms with Crippen LogP contribution in [-0.4, -0.2) is 17.6 Å². The van der Waals surface area contributed by atoms with Gasteiger partial charge in [0.15, 0.2) is 0 Å². The van der Waals surface area contributed by atoms with Crippen molar-refractivity contribution < 1.29 is 9.59 Å². The molecule has 0 aliphatic carbocycles. The van der Waals surface area contributed by atoms with Crippen LogP contribution in [0, 0.1) is 18.3 Å². The Labute approximate surface area is 186 Å². The van der Waals surface area contributed by atoms with E-state index in [0.29, 0.717) is 21.3 Å². The molecule has 1 aliphatic heterocycles. The van der Waals surface area contributed by atoms with E-state index < -0.39 is 0 Å². The molecule has 0 aromatic heterocycles. The Hall–Kier alpha value is -2.27. The zero-order valence-corrected chi connectivity index (χ0v) is 18.6. The summed E-state index contributed by atoms with van der Waals surface area (Å²) in [7, 11) is 0. The third kappa shape index (κ3) is 5.41. The van der Waals surface area contributed by atoms with Crippen molar-refractivity contribution in [3.63, 3.8) is 0 Å². The topological polar surface area (TPSA) is 82.0 Å². The van der Waals surface area contributed by atoms with Crippen LogP contribution in [0.1, 0.15) is 23.5 Å². The highest BCUT2D eigenvalue weighted by molar-refractivity contribution is 9.10. The molecule has 1 aliphatic rings. The SMILES string of the molecule is Cc1ccc(Cl)cc1NC(=O)CSC1=C(C#N)[C@@H](c2cccc(Br)c2)CC(=O)N1. The Morgan fingerprint density at radius 1 is 1.38 bits per heavy atom. The van der Waals surface area contributed by atoms with Gasteiger partial charge in [0.1, 0.15) is 0 Å². The van der Waals surface area contributed by atoms with Crippen LogP contribution in [0.15, 0.2) is 57.5 Å². The lowest BCUT2D eigenvalue weighted by atomic mass is 9.87. The molecule has 3 rings (SSSR count). The van der Waals surface area contributed by atoms with Gasteiger partial charge in [-0.25, -0.2) is 0 Å². The molecule has 5 nitrogen and oxygen atoms in total. The standard InChI is InChI=1S/C21H17BrClN3O2S/c1-12-5-6-15(23)8-18(12)25-20(28)11-29-21-17(10-24)16(9-19(27)26-21)13-3-2-4-14(22)7-13/h2-8,16H,9,11H2,1H3,(H,25,28)(H,26,27)/t16-/m1/s1. The largest absolute Gasteiger partial charge is 0.325 e. The maximum Gasteiger partial charge on any atom is 0.234 e. The number of nitriles is 1. The van der Waals surface area contributed by atoms with Gasteiger partial charge in [0.25, 0.3) is 0 Å². The minimum absolute atomic E-state index is 0.0535. The van der Waals surface area contributed by atoms with Gasteiger partial charge >= 0.3 is 0 Å². The number of anilines is 1. The number of allylic oxidation sites excluding steroid dienone is 1. The fourth-order valence-electron chi connectivity index (χ4n) is 2.99. The molecular formula is C21H17BrClN3O2S. The van der Waals surface area contributed by atoms with E-state index in [9.17, 15) is 14.9 Å². The molecule has 1 heterocycles. The van der Waals surface area contributed by atoms with E-state index in [1.165, 1.54) is 0 Å². The van der Waals surface area contributed by atoms with Gasteiger partial charge in [-0.05, 0) is 42.3 Å². The first-order chi connectivity index (χ1) is 13.9. The number of halogens is 2. The third-order valence-electron chi connectivity index (χ3n) is 4.43. The summed E-state index contributed by atoms with van der Waals surface area (Å²) in [6.07, 6.45) is 0.192. The molecule has 2 aromatic carbocycles. The van der Waals surface area contributed by atoms with Crippen molar-refractivity contribution in [1.82, 2.24) is 5.32 Å². The third-order valence-corrected chi connectivity index (χ3v) is 6.17. The Morgan fingerprint density at radius 3 is 2.90 bits per heavy atom. The molecule has 29 heavy (non-hydrogen) atoms. The highest BCUT2D eigenvalue weighted by Crippen LogP contribution is 2.36. The number of thioether (sulfide) groups is 1. The first-order valence-electron chi connectivity index (χ1n) is 8.75. The monoisotopic (exact) mass is 489 g/mol. The first-order valence-corrected chi connectivity index (χ1v) is 10.9. The predicted molar refractivity (Wildman–Crippen MR) is 120 cm³/mol. The quantitative estimate of drug-likeness (QED) is 0.609. The second-order valence-electron chi connectivity index (χ2n) is 6.51. The summed E-state index contributed by atoms with van der Waals surface area (Å²) < 4.78 is 0.878. The molecule has 0 saturated carbocycles. The number of nitrogens with zero attached hydrogens (tertiary/aromatic N) is 1.